The summed E-state index contributed by atoms with van der Waals surface area (Å²) in [6.07, 6.45) is 8.41. The van der Waals surface area contributed by atoms with Gasteiger partial charge in [-0.05, 0) is 52.4 Å². The average Bonchev–Trinajstić information content (AvgIpc) is 2.57. The van der Waals surface area contributed by atoms with Crippen molar-refractivity contribution in [2.75, 3.05) is 40.4 Å². The Morgan fingerprint density at radius 1 is 0.679 bits per heavy atom. The van der Waals surface area contributed by atoms with Gasteiger partial charge in [0.25, 0.3) is 0 Å². The Labute approximate surface area is 171 Å². The van der Waals surface area contributed by atoms with E-state index in [0.717, 1.165) is 12.1 Å². The quantitative estimate of drug-likeness (QED) is 0.682. The van der Waals surface area contributed by atoms with E-state index in [1.54, 1.807) is 0 Å². The highest BCUT2D eigenvalue weighted by atomic mass is 16.5. The second-order valence-corrected chi connectivity index (χ2v) is 9.98. The van der Waals surface area contributed by atoms with Crippen LogP contribution in [0.15, 0.2) is 0 Å². The van der Waals surface area contributed by atoms with Gasteiger partial charge in [-0.3, -0.25) is 9.80 Å². The second kappa shape index (κ2) is 9.27. The molecular formula is C22H42N4O2. The Kier molecular flexibility index (Phi) is 6.96. The molecule has 4 atom stereocenters. The maximum Gasteiger partial charge on any atom is 0.0601 e. The summed E-state index contributed by atoms with van der Waals surface area (Å²) in [4.78, 5) is 5.45. The lowest BCUT2D eigenvalue weighted by molar-refractivity contribution is -0.0427. The molecule has 2 aliphatic heterocycles. The van der Waals surface area contributed by atoms with E-state index < -0.39 is 0 Å². The number of methoxy groups -OCH3 is 2. The van der Waals surface area contributed by atoms with Crippen LogP contribution in [0.1, 0.15) is 52.4 Å². The van der Waals surface area contributed by atoms with Crippen molar-refractivity contribution in [3.63, 3.8) is 0 Å². The fraction of sp³-hybridized carbons (Fsp3) is 1.00. The maximum atomic E-state index is 5.49. The predicted octanol–water partition coefficient (Wildman–Crippen LogP) is 1.45. The van der Waals surface area contributed by atoms with Crippen LogP contribution in [0.4, 0.5) is 0 Å². The predicted molar refractivity (Wildman–Crippen MR) is 113 cm³/mol. The number of rotatable bonds is 7. The van der Waals surface area contributed by atoms with Crippen molar-refractivity contribution in [1.29, 1.82) is 0 Å². The van der Waals surface area contributed by atoms with Gasteiger partial charge in [-0.2, -0.15) is 0 Å². The molecule has 4 aliphatic rings. The maximum absolute atomic E-state index is 5.49. The Bertz CT molecular complexity index is 451. The van der Waals surface area contributed by atoms with E-state index >= 15 is 0 Å². The van der Waals surface area contributed by atoms with Gasteiger partial charge in [0, 0.05) is 76.6 Å². The molecule has 0 aromatic rings. The number of piperazine rings is 2. The molecule has 6 heteroatoms. The van der Waals surface area contributed by atoms with Crippen molar-refractivity contribution in [3.05, 3.63) is 0 Å². The number of hydrogen-bond acceptors (Lipinski definition) is 6. The summed E-state index contributed by atoms with van der Waals surface area (Å²) in [6, 6.07) is 3.92. The third kappa shape index (κ3) is 4.90. The van der Waals surface area contributed by atoms with Crippen molar-refractivity contribution in [3.8, 4) is 0 Å². The number of nitrogens with zero attached hydrogens (tertiary/aromatic N) is 2. The molecule has 0 amide bonds. The van der Waals surface area contributed by atoms with Gasteiger partial charge in [-0.15, -0.1) is 0 Å². The van der Waals surface area contributed by atoms with Crippen LogP contribution in [0.25, 0.3) is 0 Å². The van der Waals surface area contributed by atoms with Gasteiger partial charge < -0.3 is 20.1 Å². The van der Waals surface area contributed by atoms with Gasteiger partial charge in [-0.25, -0.2) is 0 Å². The van der Waals surface area contributed by atoms with Crippen molar-refractivity contribution in [2.24, 2.45) is 0 Å². The van der Waals surface area contributed by atoms with Crippen LogP contribution in [0.2, 0.25) is 0 Å². The standard InChI is InChI=1S/C22H42N4O2/c1-15-11-25(19-7-21(8-19)27-3)13-17(23-15)5-6-18-14-26(12-16(2)24-18)20-9-22(10-20)28-4/h15-24H,5-14H2,1-4H3/t15-,16+,17-,18+,19?,20?,21?,22?. The molecule has 4 fully saturated rings. The first-order valence-corrected chi connectivity index (χ1v) is 11.6. The molecule has 0 radical (unpaired) electrons. The van der Waals surface area contributed by atoms with Gasteiger partial charge in [0.2, 0.25) is 0 Å². The van der Waals surface area contributed by atoms with Crippen molar-refractivity contribution in [1.82, 2.24) is 20.4 Å². The molecule has 2 saturated carbocycles. The van der Waals surface area contributed by atoms with Crippen molar-refractivity contribution < 1.29 is 9.47 Å². The summed E-state index contributed by atoms with van der Waals surface area (Å²) < 4.78 is 11.0. The first-order chi connectivity index (χ1) is 13.5. The fourth-order valence-corrected chi connectivity index (χ4v) is 5.84. The minimum absolute atomic E-state index is 0.497. The zero-order valence-electron chi connectivity index (χ0n) is 18.4. The molecule has 0 aromatic carbocycles. The van der Waals surface area contributed by atoms with Crippen LogP contribution < -0.4 is 10.6 Å². The zero-order valence-corrected chi connectivity index (χ0v) is 18.4. The molecule has 4 rings (SSSR count). The van der Waals surface area contributed by atoms with E-state index in [1.807, 2.05) is 14.2 Å². The monoisotopic (exact) mass is 394 g/mol. The smallest absolute Gasteiger partial charge is 0.0601 e. The highest BCUT2D eigenvalue weighted by Crippen LogP contribution is 2.31. The summed E-state index contributed by atoms with van der Waals surface area (Å²) in [5, 5.41) is 7.73. The normalized spacial score (nSPS) is 45.4. The molecule has 2 saturated heterocycles. The molecule has 162 valence electrons. The van der Waals surface area contributed by atoms with Gasteiger partial charge >= 0.3 is 0 Å². The van der Waals surface area contributed by atoms with Gasteiger partial charge in [0.1, 0.15) is 0 Å². The molecule has 0 unspecified atom stereocenters. The summed E-state index contributed by atoms with van der Waals surface area (Å²) in [5.74, 6) is 0. The number of nitrogens with one attached hydrogen (secondary N) is 2. The van der Waals surface area contributed by atoms with E-state index in [9.17, 15) is 0 Å². The molecule has 0 bridgehead atoms. The highest BCUT2D eigenvalue weighted by Gasteiger charge is 2.39. The highest BCUT2D eigenvalue weighted by molar-refractivity contribution is 4.96. The van der Waals surface area contributed by atoms with E-state index in [1.165, 1.54) is 64.7 Å². The lowest BCUT2D eigenvalue weighted by Crippen LogP contribution is -2.62. The van der Waals surface area contributed by atoms with Crippen molar-refractivity contribution >= 4 is 0 Å². The zero-order chi connectivity index (χ0) is 19.7. The Morgan fingerprint density at radius 2 is 1.07 bits per heavy atom. The minimum atomic E-state index is 0.497. The van der Waals surface area contributed by atoms with E-state index in [2.05, 4.69) is 34.3 Å². The van der Waals surface area contributed by atoms with Crippen LogP contribution in [0, 0.1) is 0 Å². The fourth-order valence-electron chi connectivity index (χ4n) is 5.84. The molecule has 2 heterocycles. The molecule has 6 nitrogen and oxygen atoms in total. The molecule has 28 heavy (non-hydrogen) atoms. The Morgan fingerprint density at radius 3 is 1.43 bits per heavy atom. The average molecular weight is 395 g/mol. The summed E-state index contributed by atoms with van der Waals surface area (Å²) in [6.45, 7) is 9.47. The molecule has 2 N–H and O–H groups in total. The lowest BCUT2D eigenvalue weighted by atomic mass is 9.85. The molecule has 0 aromatic heterocycles. The van der Waals surface area contributed by atoms with Crippen molar-refractivity contribution in [2.45, 2.75) is 101 Å². The Hall–Kier alpha value is -0.240. The van der Waals surface area contributed by atoms with Gasteiger partial charge in [-0.1, -0.05) is 0 Å². The topological polar surface area (TPSA) is 49.0 Å². The molecule has 0 spiro atoms. The van der Waals surface area contributed by atoms with Crippen LogP contribution in [-0.2, 0) is 9.47 Å². The SMILES string of the molecule is COC1CC(N2C[C@@H](CC[C@H]3CN(C4CC(OC)C4)C[C@H](C)N3)N[C@H](C)C2)C1. The first-order valence-electron chi connectivity index (χ1n) is 11.6. The van der Waals surface area contributed by atoms with Gasteiger partial charge in [0.05, 0.1) is 12.2 Å². The van der Waals surface area contributed by atoms with E-state index in [-0.39, 0.29) is 0 Å². The van der Waals surface area contributed by atoms with Crippen LogP contribution in [0.5, 0.6) is 0 Å². The molecular weight excluding hydrogens is 352 g/mol. The molecule has 2 aliphatic carbocycles. The second-order valence-electron chi connectivity index (χ2n) is 9.98. The van der Waals surface area contributed by atoms with E-state index in [0.29, 0.717) is 36.4 Å². The third-order valence-electron chi connectivity index (χ3n) is 7.67. The first kappa shape index (κ1) is 21.0. The third-order valence-corrected chi connectivity index (χ3v) is 7.67. The number of ether oxygens (including phenoxy) is 2. The minimum Gasteiger partial charge on any atom is -0.381 e. The summed E-state index contributed by atoms with van der Waals surface area (Å²) >= 11 is 0. The largest absolute Gasteiger partial charge is 0.381 e. The lowest BCUT2D eigenvalue weighted by Gasteiger charge is -2.49. The number of hydrogen-bond donors (Lipinski definition) is 2. The Balaban J connectivity index is 1.23. The van der Waals surface area contributed by atoms with Crippen LogP contribution >= 0.6 is 0 Å². The summed E-state index contributed by atoms with van der Waals surface area (Å²) in [7, 11) is 3.70. The van der Waals surface area contributed by atoms with Crippen LogP contribution in [-0.4, -0.2) is 98.7 Å². The van der Waals surface area contributed by atoms with Crippen LogP contribution in [0.3, 0.4) is 0 Å². The van der Waals surface area contributed by atoms with E-state index in [4.69, 9.17) is 9.47 Å². The van der Waals surface area contributed by atoms with Gasteiger partial charge in [0.15, 0.2) is 0 Å². The summed E-state index contributed by atoms with van der Waals surface area (Å²) in [5.41, 5.74) is 0.